The van der Waals surface area contributed by atoms with Crippen LogP contribution in [0.2, 0.25) is 0 Å². The number of nitrogens with zero attached hydrogens (tertiary/aromatic N) is 1. The molecule has 1 heterocycles. The average molecular weight is 288 g/mol. The molecule has 0 amide bonds. The Morgan fingerprint density at radius 2 is 2.00 bits per heavy atom. The Morgan fingerprint density at radius 3 is 2.67 bits per heavy atom. The van der Waals surface area contributed by atoms with E-state index in [4.69, 9.17) is 11.6 Å². The summed E-state index contributed by atoms with van der Waals surface area (Å²) in [5.41, 5.74) is 0. The monoisotopic (exact) mass is 287 g/mol. The SMILES string of the molecule is O=S(=O)(c1ccccc1)N1CCCC(CCCl)C1. The van der Waals surface area contributed by atoms with Gasteiger partial charge >= 0.3 is 0 Å². The van der Waals surface area contributed by atoms with E-state index in [1.807, 2.05) is 6.07 Å². The molecule has 0 spiro atoms. The van der Waals surface area contributed by atoms with Gasteiger partial charge in [-0.05, 0) is 37.3 Å². The molecule has 0 radical (unpaired) electrons. The van der Waals surface area contributed by atoms with Gasteiger partial charge < -0.3 is 0 Å². The van der Waals surface area contributed by atoms with Crippen molar-refractivity contribution in [1.82, 2.24) is 4.31 Å². The van der Waals surface area contributed by atoms with Crippen LogP contribution in [0.1, 0.15) is 19.3 Å². The third-order valence-electron chi connectivity index (χ3n) is 3.38. The van der Waals surface area contributed by atoms with Crippen LogP contribution in [-0.4, -0.2) is 31.7 Å². The zero-order valence-electron chi connectivity index (χ0n) is 10.3. The van der Waals surface area contributed by atoms with Crippen LogP contribution in [0.5, 0.6) is 0 Å². The van der Waals surface area contributed by atoms with Crippen molar-refractivity contribution in [1.29, 1.82) is 0 Å². The Balaban J connectivity index is 2.15. The lowest BCUT2D eigenvalue weighted by atomic mass is 9.97. The second-order valence-corrected chi connectivity index (χ2v) is 6.98. The summed E-state index contributed by atoms with van der Waals surface area (Å²) in [4.78, 5) is 0.386. The minimum atomic E-state index is -3.32. The summed E-state index contributed by atoms with van der Waals surface area (Å²) in [6.45, 7) is 1.22. The first-order valence-corrected chi connectivity index (χ1v) is 8.23. The third-order valence-corrected chi connectivity index (χ3v) is 5.48. The van der Waals surface area contributed by atoms with Crippen molar-refractivity contribution >= 4 is 21.6 Å². The molecule has 2 rings (SSSR count). The molecule has 1 unspecified atom stereocenters. The molecule has 0 saturated carbocycles. The topological polar surface area (TPSA) is 37.4 Å². The molecule has 1 aliphatic rings. The molecule has 3 nitrogen and oxygen atoms in total. The lowest BCUT2D eigenvalue weighted by molar-refractivity contribution is 0.262. The number of hydrogen-bond acceptors (Lipinski definition) is 2. The van der Waals surface area contributed by atoms with Gasteiger partial charge in [0.1, 0.15) is 0 Å². The molecular weight excluding hydrogens is 270 g/mol. The van der Waals surface area contributed by atoms with Gasteiger partial charge in [0.05, 0.1) is 4.90 Å². The highest BCUT2D eigenvalue weighted by molar-refractivity contribution is 7.89. The lowest BCUT2D eigenvalue weighted by Crippen LogP contribution is -2.39. The Hall–Kier alpha value is -0.580. The lowest BCUT2D eigenvalue weighted by Gasteiger charge is -2.31. The molecule has 1 saturated heterocycles. The van der Waals surface area contributed by atoms with Gasteiger partial charge in [0.25, 0.3) is 0 Å². The van der Waals surface area contributed by atoms with Crippen LogP contribution >= 0.6 is 11.6 Å². The van der Waals surface area contributed by atoms with E-state index in [9.17, 15) is 8.42 Å². The van der Waals surface area contributed by atoms with E-state index < -0.39 is 10.0 Å². The smallest absolute Gasteiger partial charge is 0.207 e. The molecule has 0 aliphatic carbocycles. The van der Waals surface area contributed by atoms with Gasteiger partial charge in [-0.15, -0.1) is 11.6 Å². The van der Waals surface area contributed by atoms with Crippen molar-refractivity contribution < 1.29 is 8.42 Å². The van der Waals surface area contributed by atoms with Gasteiger partial charge in [-0.2, -0.15) is 4.31 Å². The molecule has 1 aromatic rings. The minimum absolute atomic E-state index is 0.386. The van der Waals surface area contributed by atoms with Gasteiger partial charge in [-0.25, -0.2) is 8.42 Å². The highest BCUT2D eigenvalue weighted by atomic mass is 35.5. The highest BCUT2D eigenvalue weighted by Gasteiger charge is 2.29. The zero-order chi connectivity index (χ0) is 13.0. The fraction of sp³-hybridized carbons (Fsp3) is 0.538. The van der Waals surface area contributed by atoms with Crippen LogP contribution in [-0.2, 0) is 10.0 Å². The van der Waals surface area contributed by atoms with Gasteiger partial charge in [0.2, 0.25) is 10.0 Å². The van der Waals surface area contributed by atoms with Crippen LogP contribution in [0.3, 0.4) is 0 Å². The highest BCUT2D eigenvalue weighted by Crippen LogP contribution is 2.25. The molecule has 100 valence electrons. The van der Waals surface area contributed by atoms with Crippen molar-refractivity contribution in [2.45, 2.75) is 24.2 Å². The third kappa shape index (κ3) is 3.05. The number of sulfonamides is 1. The summed E-state index contributed by atoms with van der Waals surface area (Å²) in [7, 11) is -3.32. The summed E-state index contributed by atoms with van der Waals surface area (Å²) in [5.74, 6) is 0.999. The summed E-state index contributed by atoms with van der Waals surface area (Å²) >= 11 is 5.75. The second kappa shape index (κ2) is 6.04. The largest absolute Gasteiger partial charge is 0.243 e. The van der Waals surface area contributed by atoms with Gasteiger partial charge in [-0.1, -0.05) is 18.2 Å². The molecule has 18 heavy (non-hydrogen) atoms. The van der Waals surface area contributed by atoms with Crippen molar-refractivity contribution in [3.8, 4) is 0 Å². The first-order valence-electron chi connectivity index (χ1n) is 6.26. The quantitative estimate of drug-likeness (QED) is 0.799. The number of benzene rings is 1. The fourth-order valence-corrected chi connectivity index (χ4v) is 4.26. The van der Waals surface area contributed by atoms with E-state index in [1.165, 1.54) is 0 Å². The maximum absolute atomic E-state index is 12.4. The molecule has 0 bridgehead atoms. The number of piperidine rings is 1. The maximum atomic E-state index is 12.4. The van der Waals surface area contributed by atoms with Crippen molar-refractivity contribution in [3.63, 3.8) is 0 Å². The normalized spacial score (nSPS) is 21.9. The Morgan fingerprint density at radius 1 is 1.28 bits per heavy atom. The summed E-state index contributed by atoms with van der Waals surface area (Å²) in [5, 5.41) is 0. The number of hydrogen-bond donors (Lipinski definition) is 0. The van der Waals surface area contributed by atoms with E-state index in [-0.39, 0.29) is 0 Å². The number of rotatable bonds is 4. The average Bonchev–Trinajstić information content (AvgIpc) is 2.40. The van der Waals surface area contributed by atoms with E-state index >= 15 is 0 Å². The number of halogens is 1. The maximum Gasteiger partial charge on any atom is 0.243 e. The minimum Gasteiger partial charge on any atom is -0.207 e. The summed E-state index contributed by atoms with van der Waals surface area (Å²) in [6.07, 6.45) is 2.89. The predicted molar refractivity (Wildman–Crippen MR) is 73.3 cm³/mol. The molecule has 1 atom stereocenters. The fourth-order valence-electron chi connectivity index (χ4n) is 2.38. The molecular formula is C13H18ClNO2S. The first kappa shape index (κ1) is 13.8. The van der Waals surface area contributed by atoms with Crippen LogP contribution in [0, 0.1) is 5.92 Å². The van der Waals surface area contributed by atoms with E-state index in [0.29, 0.717) is 29.8 Å². The first-order chi connectivity index (χ1) is 8.64. The molecule has 1 fully saturated rings. The van der Waals surface area contributed by atoms with Crippen LogP contribution in [0.4, 0.5) is 0 Å². The summed E-state index contributed by atoms with van der Waals surface area (Å²) < 4.78 is 26.5. The van der Waals surface area contributed by atoms with Crippen molar-refractivity contribution in [2.24, 2.45) is 5.92 Å². The summed E-state index contributed by atoms with van der Waals surface area (Å²) in [6, 6.07) is 8.65. The van der Waals surface area contributed by atoms with Gasteiger partial charge in [0, 0.05) is 19.0 Å². The molecule has 1 aliphatic heterocycles. The van der Waals surface area contributed by atoms with Crippen LogP contribution in [0.25, 0.3) is 0 Å². The van der Waals surface area contributed by atoms with E-state index in [0.717, 1.165) is 19.3 Å². The molecule has 0 N–H and O–H groups in total. The van der Waals surface area contributed by atoms with E-state index in [2.05, 4.69) is 0 Å². The Bertz CT molecular complexity index is 473. The van der Waals surface area contributed by atoms with Gasteiger partial charge in [0.15, 0.2) is 0 Å². The van der Waals surface area contributed by atoms with Crippen molar-refractivity contribution in [3.05, 3.63) is 30.3 Å². The van der Waals surface area contributed by atoms with Crippen LogP contribution in [0.15, 0.2) is 35.2 Å². The standard InChI is InChI=1S/C13H18ClNO2S/c14-9-8-12-5-4-10-15(11-12)18(16,17)13-6-2-1-3-7-13/h1-3,6-7,12H,4-5,8-11H2. The Labute approximate surface area is 114 Å². The van der Waals surface area contributed by atoms with Crippen LogP contribution < -0.4 is 0 Å². The number of alkyl halides is 1. The van der Waals surface area contributed by atoms with E-state index in [1.54, 1.807) is 28.6 Å². The van der Waals surface area contributed by atoms with Crippen molar-refractivity contribution in [2.75, 3.05) is 19.0 Å². The van der Waals surface area contributed by atoms with Gasteiger partial charge in [-0.3, -0.25) is 0 Å². The predicted octanol–water partition coefficient (Wildman–Crippen LogP) is 2.72. The molecule has 0 aromatic heterocycles. The Kier molecular flexibility index (Phi) is 4.65. The molecule has 5 heteroatoms. The molecule has 1 aromatic carbocycles. The zero-order valence-corrected chi connectivity index (χ0v) is 11.8. The second-order valence-electron chi connectivity index (χ2n) is 4.66.